The van der Waals surface area contributed by atoms with E-state index in [1.807, 2.05) is 77.7 Å². The van der Waals surface area contributed by atoms with Crippen LogP contribution < -0.4 is 5.32 Å². The molecule has 3 aromatic rings. The van der Waals surface area contributed by atoms with E-state index < -0.39 is 12.1 Å². The van der Waals surface area contributed by atoms with Gasteiger partial charge in [-0.2, -0.15) is 0 Å². The molecular formula is C26H26N2O3. The van der Waals surface area contributed by atoms with Crippen molar-refractivity contribution in [2.24, 2.45) is 0 Å². The number of nitrogens with one attached hydrogen (secondary N) is 1. The number of ether oxygens (including phenoxy) is 1. The molecule has 1 aliphatic heterocycles. The summed E-state index contributed by atoms with van der Waals surface area (Å²) in [5, 5.41) is 2.80. The van der Waals surface area contributed by atoms with Crippen molar-refractivity contribution in [3.05, 3.63) is 107 Å². The van der Waals surface area contributed by atoms with E-state index in [9.17, 15) is 9.59 Å². The third-order valence-corrected chi connectivity index (χ3v) is 5.53. The summed E-state index contributed by atoms with van der Waals surface area (Å²) in [5.74, 6) is -0.0879. The van der Waals surface area contributed by atoms with Gasteiger partial charge in [-0.25, -0.2) is 4.79 Å². The van der Waals surface area contributed by atoms with Crippen LogP contribution in [0.5, 0.6) is 0 Å². The number of amides is 2. The molecule has 0 fully saturated rings. The maximum Gasteiger partial charge on any atom is 0.408 e. The number of carbonyl (C=O) groups excluding carboxylic acids is 2. The molecule has 4 rings (SSSR count). The van der Waals surface area contributed by atoms with Crippen molar-refractivity contribution in [2.45, 2.75) is 32.0 Å². The van der Waals surface area contributed by atoms with Gasteiger partial charge in [-0.05, 0) is 28.7 Å². The van der Waals surface area contributed by atoms with Crippen molar-refractivity contribution >= 4 is 12.0 Å². The molecule has 0 aliphatic carbocycles. The van der Waals surface area contributed by atoms with Crippen molar-refractivity contribution in [2.75, 3.05) is 6.54 Å². The van der Waals surface area contributed by atoms with Gasteiger partial charge in [0.2, 0.25) is 5.91 Å². The predicted molar refractivity (Wildman–Crippen MR) is 119 cm³/mol. The Morgan fingerprint density at radius 3 is 2.16 bits per heavy atom. The molecule has 0 unspecified atom stereocenters. The second kappa shape index (κ2) is 9.94. The largest absolute Gasteiger partial charge is 0.445 e. The van der Waals surface area contributed by atoms with E-state index in [0.29, 0.717) is 19.5 Å². The maximum atomic E-state index is 13.4. The fraction of sp³-hybridized carbons (Fsp3) is 0.231. The molecule has 0 bridgehead atoms. The van der Waals surface area contributed by atoms with Crippen LogP contribution in [0.15, 0.2) is 84.9 Å². The molecule has 0 spiro atoms. The predicted octanol–water partition coefficient (Wildman–Crippen LogP) is 4.11. The Balaban J connectivity index is 1.44. The zero-order chi connectivity index (χ0) is 21.5. The molecule has 0 aromatic heterocycles. The molecule has 158 valence electrons. The van der Waals surface area contributed by atoms with Gasteiger partial charge in [-0.1, -0.05) is 84.9 Å². The fourth-order valence-corrected chi connectivity index (χ4v) is 3.86. The number of hydrogen-bond acceptors (Lipinski definition) is 3. The lowest BCUT2D eigenvalue weighted by Crippen LogP contribution is -2.51. The number of hydrogen-bond donors (Lipinski definition) is 1. The van der Waals surface area contributed by atoms with Crippen LogP contribution in [0.1, 0.15) is 22.3 Å². The fourth-order valence-electron chi connectivity index (χ4n) is 3.86. The molecule has 1 aliphatic rings. The summed E-state index contributed by atoms with van der Waals surface area (Å²) < 4.78 is 5.37. The number of fused-ring (bicyclic) bond motifs is 1. The minimum Gasteiger partial charge on any atom is -0.445 e. The molecule has 1 N–H and O–H groups in total. The van der Waals surface area contributed by atoms with E-state index in [4.69, 9.17) is 4.74 Å². The first-order valence-electron chi connectivity index (χ1n) is 10.6. The van der Waals surface area contributed by atoms with Gasteiger partial charge in [0.15, 0.2) is 0 Å². The molecule has 0 saturated heterocycles. The molecular weight excluding hydrogens is 388 g/mol. The highest BCUT2D eigenvalue weighted by molar-refractivity contribution is 5.86. The molecule has 1 heterocycles. The molecule has 5 nitrogen and oxygen atoms in total. The van der Waals surface area contributed by atoms with Crippen LogP contribution in [0.4, 0.5) is 4.79 Å². The average molecular weight is 415 g/mol. The average Bonchev–Trinajstić information content (AvgIpc) is 2.83. The van der Waals surface area contributed by atoms with E-state index in [0.717, 1.165) is 23.1 Å². The number of alkyl carbamates (subject to hydrolysis) is 1. The summed E-state index contributed by atoms with van der Waals surface area (Å²) >= 11 is 0. The zero-order valence-corrected chi connectivity index (χ0v) is 17.4. The second-order valence-corrected chi connectivity index (χ2v) is 7.73. The minimum absolute atomic E-state index is 0.0879. The van der Waals surface area contributed by atoms with Gasteiger partial charge in [-0.3, -0.25) is 4.79 Å². The Kier molecular flexibility index (Phi) is 6.62. The summed E-state index contributed by atoms with van der Waals surface area (Å²) in [5.41, 5.74) is 4.33. The van der Waals surface area contributed by atoms with Crippen LogP contribution in [-0.2, 0) is 35.5 Å². The number of nitrogens with zero attached hydrogens (tertiary/aromatic N) is 1. The smallest absolute Gasteiger partial charge is 0.408 e. The van der Waals surface area contributed by atoms with Crippen molar-refractivity contribution in [3.63, 3.8) is 0 Å². The van der Waals surface area contributed by atoms with Crippen LogP contribution in [0.3, 0.4) is 0 Å². The number of benzene rings is 3. The minimum atomic E-state index is -0.684. The summed E-state index contributed by atoms with van der Waals surface area (Å²) in [6.07, 6.45) is 0.645. The number of carbonyl (C=O) groups is 2. The highest BCUT2D eigenvalue weighted by atomic mass is 16.5. The van der Waals surface area contributed by atoms with Gasteiger partial charge in [0.1, 0.15) is 12.6 Å². The normalized spacial score (nSPS) is 13.7. The lowest BCUT2D eigenvalue weighted by Gasteiger charge is -2.32. The highest BCUT2D eigenvalue weighted by Gasteiger charge is 2.29. The van der Waals surface area contributed by atoms with Gasteiger partial charge in [0.25, 0.3) is 0 Å². The molecule has 0 radical (unpaired) electrons. The topological polar surface area (TPSA) is 58.6 Å². The van der Waals surface area contributed by atoms with Crippen molar-refractivity contribution < 1.29 is 14.3 Å². The number of rotatable bonds is 6. The Morgan fingerprint density at radius 1 is 0.839 bits per heavy atom. The summed E-state index contributed by atoms with van der Waals surface area (Å²) in [6.45, 7) is 1.36. The van der Waals surface area contributed by atoms with Gasteiger partial charge >= 0.3 is 6.09 Å². The van der Waals surface area contributed by atoms with Gasteiger partial charge in [0, 0.05) is 19.5 Å². The van der Waals surface area contributed by atoms with E-state index in [1.165, 1.54) is 5.56 Å². The highest BCUT2D eigenvalue weighted by Crippen LogP contribution is 2.20. The van der Waals surface area contributed by atoms with Gasteiger partial charge in [-0.15, -0.1) is 0 Å². The molecule has 31 heavy (non-hydrogen) atoms. The Hall–Kier alpha value is -3.60. The van der Waals surface area contributed by atoms with Crippen LogP contribution in [0, 0.1) is 0 Å². The quantitative estimate of drug-likeness (QED) is 0.660. The second-order valence-electron chi connectivity index (χ2n) is 7.73. The third-order valence-electron chi connectivity index (χ3n) is 5.53. The lowest BCUT2D eigenvalue weighted by molar-refractivity contribution is -0.134. The van der Waals surface area contributed by atoms with Gasteiger partial charge < -0.3 is 15.0 Å². The summed E-state index contributed by atoms with van der Waals surface area (Å²) in [4.78, 5) is 27.7. The first kappa shape index (κ1) is 20.7. The van der Waals surface area contributed by atoms with Crippen molar-refractivity contribution in [3.8, 4) is 0 Å². The first-order chi connectivity index (χ1) is 15.2. The summed E-state index contributed by atoms with van der Waals surface area (Å²) in [7, 11) is 0. The standard InChI is InChI=1S/C26H26N2O3/c29-25(28-16-15-22-13-7-8-14-23(22)18-28)24(17-20-9-3-1-4-10-20)27-26(30)31-19-21-11-5-2-6-12-21/h1-14,24H,15-19H2,(H,27,30)/t24-/m0/s1. The van der Waals surface area contributed by atoms with E-state index in [-0.39, 0.29) is 12.5 Å². The van der Waals surface area contributed by atoms with Crippen LogP contribution in [0.25, 0.3) is 0 Å². The lowest BCUT2D eigenvalue weighted by atomic mass is 9.98. The molecule has 1 atom stereocenters. The zero-order valence-electron chi connectivity index (χ0n) is 17.4. The van der Waals surface area contributed by atoms with Crippen molar-refractivity contribution in [1.82, 2.24) is 10.2 Å². The Bertz CT molecular complexity index is 1020. The molecule has 0 saturated carbocycles. The van der Waals surface area contributed by atoms with Crippen molar-refractivity contribution in [1.29, 1.82) is 0 Å². The molecule has 3 aromatic carbocycles. The van der Waals surface area contributed by atoms with Crippen LogP contribution in [0.2, 0.25) is 0 Å². The van der Waals surface area contributed by atoms with E-state index in [1.54, 1.807) is 0 Å². The SMILES string of the molecule is O=C(N[C@@H](Cc1ccccc1)C(=O)N1CCc2ccccc2C1)OCc1ccccc1. The van der Waals surface area contributed by atoms with Crippen LogP contribution >= 0.6 is 0 Å². The third kappa shape index (κ3) is 5.51. The van der Waals surface area contributed by atoms with E-state index >= 15 is 0 Å². The van der Waals surface area contributed by atoms with E-state index in [2.05, 4.69) is 17.4 Å². The summed E-state index contributed by atoms with van der Waals surface area (Å²) in [6, 6.07) is 26.7. The Labute approximate surface area is 182 Å². The molecule has 2 amide bonds. The maximum absolute atomic E-state index is 13.4. The van der Waals surface area contributed by atoms with Gasteiger partial charge in [0.05, 0.1) is 0 Å². The monoisotopic (exact) mass is 414 g/mol. The first-order valence-corrected chi connectivity index (χ1v) is 10.6. The molecule has 5 heteroatoms. The van der Waals surface area contributed by atoms with Crippen LogP contribution in [-0.4, -0.2) is 29.5 Å². The Morgan fingerprint density at radius 2 is 1.45 bits per heavy atom.